The van der Waals surface area contributed by atoms with Gasteiger partial charge >= 0.3 is 0 Å². The van der Waals surface area contributed by atoms with Crippen LogP contribution in [0.1, 0.15) is 226 Å². The van der Waals surface area contributed by atoms with E-state index in [0.717, 1.165) is 38.5 Å². The van der Waals surface area contributed by atoms with Crippen LogP contribution in [0, 0.1) is 0 Å². The standard InChI is InChI=1S/C47H87NO3/c1-3-5-7-9-11-13-15-17-19-21-22-23-24-25-26-27-29-31-33-35-37-39-41-43-47(51)48-45(44-49)46(50)42-40-38-36-34-32-30-28-20-18-16-14-12-10-8-6-4-2/h15,17,21-22,24-25,40,42,45-46,49-50H,3-14,16,18-20,23,26-39,41,43-44H2,1-2H3,(H,48,51)/b17-15-,22-21-,25-24-,42-40+. The number of aliphatic hydroxyl groups excluding tert-OH is 2. The molecule has 4 heteroatoms. The first kappa shape index (κ1) is 49.4. The van der Waals surface area contributed by atoms with Gasteiger partial charge in [-0.3, -0.25) is 4.79 Å². The van der Waals surface area contributed by atoms with E-state index in [4.69, 9.17) is 0 Å². The van der Waals surface area contributed by atoms with Crippen molar-refractivity contribution in [1.29, 1.82) is 0 Å². The molecule has 0 heterocycles. The number of rotatable bonds is 40. The van der Waals surface area contributed by atoms with E-state index >= 15 is 0 Å². The molecule has 0 aliphatic rings. The van der Waals surface area contributed by atoms with Crippen molar-refractivity contribution in [2.75, 3.05) is 6.61 Å². The molecular weight excluding hydrogens is 627 g/mol. The van der Waals surface area contributed by atoms with Crippen molar-refractivity contribution in [2.24, 2.45) is 0 Å². The third-order valence-corrected chi connectivity index (χ3v) is 10.1. The summed E-state index contributed by atoms with van der Waals surface area (Å²) in [6.07, 6.45) is 57.8. The minimum atomic E-state index is -0.843. The fraction of sp³-hybridized carbons (Fsp3) is 0.809. The van der Waals surface area contributed by atoms with Crippen LogP contribution in [0.15, 0.2) is 48.6 Å². The lowest BCUT2D eigenvalue weighted by Crippen LogP contribution is -2.45. The smallest absolute Gasteiger partial charge is 0.220 e. The van der Waals surface area contributed by atoms with E-state index in [2.05, 4.69) is 55.6 Å². The molecule has 0 aromatic heterocycles. The second kappa shape index (κ2) is 42.8. The van der Waals surface area contributed by atoms with E-state index in [1.54, 1.807) is 6.08 Å². The SMILES string of the molecule is CCCCCCC/C=C\C/C=C\C/C=C\CCCCCCCCCCC(=O)NC(CO)C(O)/C=C/CCCCCCCCCCCCCCCC. The lowest BCUT2D eigenvalue weighted by molar-refractivity contribution is -0.123. The second-order valence-corrected chi connectivity index (χ2v) is 15.1. The number of nitrogens with one attached hydrogen (secondary N) is 1. The van der Waals surface area contributed by atoms with Gasteiger partial charge in [-0.1, -0.05) is 210 Å². The number of carbonyl (C=O) groups is 1. The Balaban J connectivity index is 3.60. The van der Waals surface area contributed by atoms with E-state index in [1.165, 1.54) is 167 Å². The molecule has 0 saturated heterocycles. The van der Waals surface area contributed by atoms with Gasteiger partial charge < -0.3 is 15.5 Å². The van der Waals surface area contributed by atoms with Gasteiger partial charge in [0.15, 0.2) is 0 Å². The summed E-state index contributed by atoms with van der Waals surface area (Å²) >= 11 is 0. The van der Waals surface area contributed by atoms with Crippen molar-refractivity contribution in [3.63, 3.8) is 0 Å². The molecule has 2 atom stereocenters. The van der Waals surface area contributed by atoms with Gasteiger partial charge in [0.1, 0.15) is 0 Å². The number of amides is 1. The number of aliphatic hydroxyl groups is 2. The predicted octanol–water partition coefficient (Wildman–Crippen LogP) is 14.0. The molecule has 0 fully saturated rings. The monoisotopic (exact) mass is 714 g/mol. The average molecular weight is 714 g/mol. The maximum Gasteiger partial charge on any atom is 0.220 e. The van der Waals surface area contributed by atoms with E-state index in [-0.39, 0.29) is 12.5 Å². The summed E-state index contributed by atoms with van der Waals surface area (Å²) in [5, 5.41) is 23.0. The predicted molar refractivity (Wildman–Crippen MR) is 225 cm³/mol. The van der Waals surface area contributed by atoms with Crippen LogP contribution in [-0.2, 0) is 4.79 Å². The summed E-state index contributed by atoms with van der Waals surface area (Å²) in [5.74, 6) is -0.0719. The fourth-order valence-electron chi connectivity index (χ4n) is 6.60. The van der Waals surface area contributed by atoms with Crippen molar-refractivity contribution in [1.82, 2.24) is 5.32 Å². The zero-order chi connectivity index (χ0) is 37.1. The number of hydrogen-bond acceptors (Lipinski definition) is 3. The van der Waals surface area contributed by atoms with E-state index in [1.807, 2.05) is 6.08 Å². The highest BCUT2D eigenvalue weighted by Gasteiger charge is 2.17. The molecule has 298 valence electrons. The van der Waals surface area contributed by atoms with Crippen molar-refractivity contribution in [3.8, 4) is 0 Å². The molecule has 0 saturated carbocycles. The van der Waals surface area contributed by atoms with Gasteiger partial charge in [-0.25, -0.2) is 0 Å². The molecule has 2 unspecified atom stereocenters. The molecule has 1 amide bonds. The highest BCUT2D eigenvalue weighted by molar-refractivity contribution is 5.76. The molecule has 0 aliphatic heterocycles. The second-order valence-electron chi connectivity index (χ2n) is 15.1. The zero-order valence-corrected chi connectivity index (χ0v) is 34.1. The minimum Gasteiger partial charge on any atom is -0.394 e. The summed E-state index contributed by atoms with van der Waals surface area (Å²) in [7, 11) is 0. The molecule has 3 N–H and O–H groups in total. The Morgan fingerprint density at radius 3 is 1.20 bits per heavy atom. The highest BCUT2D eigenvalue weighted by atomic mass is 16.3. The van der Waals surface area contributed by atoms with Crippen LogP contribution in [0.5, 0.6) is 0 Å². The molecule has 0 aliphatic carbocycles. The minimum absolute atomic E-state index is 0.0719. The number of unbranched alkanes of at least 4 members (excludes halogenated alkanes) is 27. The fourth-order valence-corrected chi connectivity index (χ4v) is 6.60. The van der Waals surface area contributed by atoms with E-state index in [9.17, 15) is 15.0 Å². The summed E-state index contributed by atoms with van der Waals surface area (Å²) in [5.41, 5.74) is 0. The van der Waals surface area contributed by atoms with Gasteiger partial charge in [0.05, 0.1) is 18.8 Å². The average Bonchev–Trinajstić information content (AvgIpc) is 3.13. The first-order valence-corrected chi connectivity index (χ1v) is 22.4. The Hall–Kier alpha value is -1.65. The van der Waals surface area contributed by atoms with Gasteiger partial charge in [-0.05, 0) is 57.8 Å². The van der Waals surface area contributed by atoms with Gasteiger partial charge in [-0.15, -0.1) is 0 Å². The van der Waals surface area contributed by atoms with E-state index < -0.39 is 12.1 Å². The maximum absolute atomic E-state index is 12.4. The number of hydrogen-bond donors (Lipinski definition) is 3. The van der Waals surface area contributed by atoms with Crippen LogP contribution in [0.25, 0.3) is 0 Å². The summed E-state index contributed by atoms with van der Waals surface area (Å²) in [6, 6.07) is -0.627. The van der Waals surface area contributed by atoms with E-state index in [0.29, 0.717) is 6.42 Å². The lowest BCUT2D eigenvalue weighted by atomic mass is 10.0. The third-order valence-electron chi connectivity index (χ3n) is 10.1. The van der Waals surface area contributed by atoms with Gasteiger partial charge in [0.25, 0.3) is 0 Å². The Labute approximate surface area is 318 Å². The molecule has 51 heavy (non-hydrogen) atoms. The molecule has 0 bridgehead atoms. The first-order valence-electron chi connectivity index (χ1n) is 22.4. The van der Waals surface area contributed by atoms with Crippen LogP contribution in [0.4, 0.5) is 0 Å². The van der Waals surface area contributed by atoms with Crippen LogP contribution in [0.3, 0.4) is 0 Å². The molecular formula is C47H87NO3. The normalized spacial score (nSPS) is 13.4. The number of carbonyl (C=O) groups excluding carboxylic acids is 1. The van der Waals surface area contributed by atoms with Crippen molar-refractivity contribution < 1.29 is 15.0 Å². The van der Waals surface area contributed by atoms with Crippen LogP contribution >= 0.6 is 0 Å². The Morgan fingerprint density at radius 1 is 0.471 bits per heavy atom. The topological polar surface area (TPSA) is 69.6 Å². The summed E-state index contributed by atoms with van der Waals surface area (Å²) in [6.45, 7) is 4.30. The lowest BCUT2D eigenvalue weighted by Gasteiger charge is -2.20. The number of allylic oxidation sites excluding steroid dienone is 7. The zero-order valence-electron chi connectivity index (χ0n) is 34.1. The quantitative estimate of drug-likeness (QED) is 0.0437. The van der Waals surface area contributed by atoms with Gasteiger partial charge in [0.2, 0.25) is 5.91 Å². The van der Waals surface area contributed by atoms with Crippen molar-refractivity contribution >= 4 is 5.91 Å². The third kappa shape index (κ3) is 39.4. The molecule has 0 spiro atoms. The Kier molecular flexibility index (Phi) is 41.4. The van der Waals surface area contributed by atoms with Gasteiger partial charge in [0, 0.05) is 6.42 Å². The first-order chi connectivity index (χ1) is 25.2. The molecule has 0 aromatic rings. The van der Waals surface area contributed by atoms with Gasteiger partial charge in [-0.2, -0.15) is 0 Å². The molecule has 0 aromatic carbocycles. The Bertz CT molecular complexity index is 816. The molecule has 0 radical (unpaired) electrons. The van der Waals surface area contributed by atoms with Crippen molar-refractivity contribution in [3.05, 3.63) is 48.6 Å². The highest BCUT2D eigenvalue weighted by Crippen LogP contribution is 2.14. The molecule has 0 rings (SSSR count). The summed E-state index contributed by atoms with van der Waals surface area (Å²) < 4.78 is 0. The maximum atomic E-state index is 12.4. The van der Waals surface area contributed by atoms with Crippen LogP contribution in [-0.4, -0.2) is 34.9 Å². The van der Waals surface area contributed by atoms with Crippen LogP contribution in [0.2, 0.25) is 0 Å². The van der Waals surface area contributed by atoms with Crippen molar-refractivity contribution in [2.45, 2.75) is 238 Å². The Morgan fingerprint density at radius 2 is 0.804 bits per heavy atom. The largest absolute Gasteiger partial charge is 0.394 e. The van der Waals surface area contributed by atoms with Crippen LogP contribution < -0.4 is 5.32 Å². The molecule has 4 nitrogen and oxygen atoms in total. The summed E-state index contributed by atoms with van der Waals surface area (Å²) in [4.78, 5) is 12.4.